The first kappa shape index (κ1) is 38.1. The number of carboxylic acid groups (broad SMARTS) is 1. The minimum atomic E-state index is -0.973. The van der Waals surface area contributed by atoms with Crippen molar-refractivity contribution in [3.63, 3.8) is 0 Å². The van der Waals surface area contributed by atoms with E-state index in [1.165, 1.54) is 0 Å². The van der Waals surface area contributed by atoms with Crippen LogP contribution in [0.5, 0.6) is 0 Å². The van der Waals surface area contributed by atoms with Crippen molar-refractivity contribution in [2.75, 3.05) is 6.61 Å². The molecule has 0 saturated carbocycles. The number of hydrogen-bond donors (Lipinski definition) is 2. The molecule has 8 nitrogen and oxygen atoms in total. The van der Waals surface area contributed by atoms with Gasteiger partial charge in [0.2, 0.25) is 0 Å². The first-order chi connectivity index (χ1) is 26.0. The topological polar surface area (TPSA) is 95.5 Å². The van der Waals surface area contributed by atoms with Crippen molar-refractivity contribution in [3.05, 3.63) is 179 Å². The standard InChI is InChI=1S/C45H49NO7/c1-33(38-25-15-6-16-26-38)46-39(45(47)48)27-40-42(50-29-35-19-9-3-10-20-35)44(52-31-37-23-13-5-14-24-37)43(51-30-36-21-11-4-12-22-36)41(53-40)32-49-28-34-17-7-2-8-18-34/h2-26,33,39-44,46H,27-32H2,1H3,(H,47,48)/t33-,39-,40+,41+,42-,43+,44+/m0/s1. The van der Waals surface area contributed by atoms with Crippen LogP contribution in [-0.4, -0.2) is 54.2 Å². The molecule has 1 heterocycles. The summed E-state index contributed by atoms with van der Waals surface area (Å²) in [4.78, 5) is 12.9. The van der Waals surface area contributed by atoms with E-state index in [1.54, 1.807) is 0 Å². The van der Waals surface area contributed by atoms with E-state index >= 15 is 0 Å². The number of carboxylic acids is 1. The van der Waals surface area contributed by atoms with E-state index in [9.17, 15) is 9.90 Å². The second-order valence-electron chi connectivity index (χ2n) is 13.4. The van der Waals surface area contributed by atoms with Gasteiger partial charge in [-0.05, 0) is 34.7 Å². The molecule has 0 radical (unpaired) electrons. The minimum absolute atomic E-state index is 0.123. The highest BCUT2D eigenvalue weighted by atomic mass is 16.6. The van der Waals surface area contributed by atoms with Crippen LogP contribution in [-0.2, 0) is 54.9 Å². The lowest BCUT2D eigenvalue weighted by atomic mass is 9.90. The maximum Gasteiger partial charge on any atom is 0.320 e. The number of rotatable bonds is 19. The van der Waals surface area contributed by atoms with Crippen molar-refractivity contribution in [1.29, 1.82) is 0 Å². The van der Waals surface area contributed by atoms with E-state index in [2.05, 4.69) is 5.32 Å². The maximum absolute atomic E-state index is 12.9. The Labute approximate surface area is 312 Å². The smallest absolute Gasteiger partial charge is 0.320 e. The molecule has 5 aromatic carbocycles. The highest BCUT2D eigenvalue weighted by Crippen LogP contribution is 2.33. The van der Waals surface area contributed by atoms with Crippen molar-refractivity contribution in [1.82, 2.24) is 5.32 Å². The predicted molar refractivity (Wildman–Crippen MR) is 204 cm³/mol. The van der Waals surface area contributed by atoms with Crippen LogP contribution in [0.1, 0.15) is 47.2 Å². The quantitative estimate of drug-likeness (QED) is 0.0891. The van der Waals surface area contributed by atoms with Crippen molar-refractivity contribution in [3.8, 4) is 0 Å². The summed E-state index contributed by atoms with van der Waals surface area (Å²) in [6.45, 7) is 3.46. The molecule has 1 saturated heterocycles. The van der Waals surface area contributed by atoms with Crippen LogP contribution in [0.4, 0.5) is 0 Å². The monoisotopic (exact) mass is 715 g/mol. The summed E-state index contributed by atoms with van der Waals surface area (Å²) in [5, 5.41) is 13.9. The van der Waals surface area contributed by atoms with Gasteiger partial charge in [0.15, 0.2) is 0 Å². The van der Waals surface area contributed by atoms with Gasteiger partial charge in [0, 0.05) is 12.5 Å². The van der Waals surface area contributed by atoms with Crippen LogP contribution in [0.2, 0.25) is 0 Å². The third-order valence-corrected chi connectivity index (χ3v) is 9.50. The molecule has 8 heteroatoms. The average Bonchev–Trinajstić information content (AvgIpc) is 3.20. The number of nitrogens with one attached hydrogen (secondary N) is 1. The van der Waals surface area contributed by atoms with Crippen LogP contribution in [0.25, 0.3) is 0 Å². The molecule has 1 aliphatic heterocycles. The van der Waals surface area contributed by atoms with Crippen molar-refractivity contribution in [2.24, 2.45) is 0 Å². The highest BCUT2D eigenvalue weighted by Gasteiger charge is 2.49. The Kier molecular flexibility index (Phi) is 14.3. The summed E-state index contributed by atoms with van der Waals surface area (Å²) in [6, 6.07) is 48.5. The lowest BCUT2D eigenvalue weighted by Gasteiger charge is -2.47. The SMILES string of the molecule is C[C@H](N[C@@H](C[C@H]1O[C@H](COCc2ccccc2)[C@@H](OCc2ccccc2)[C@H](OCc2ccccc2)[C@H]1OCc1ccccc1)C(=O)O)c1ccccc1. The summed E-state index contributed by atoms with van der Waals surface area (Å²) in [7, 11) is 0. The lowest BCUT2D eigenvalue weighted by Crippen LogP contribution is -2.62. The zero-order valence-electron chi connectivity index (χ0n) is 30.1. The Hall–Kier alpha value is -4.67. The molecule has 0 aliphatic carbocycles. The molecule has 53 heavy (non-hydrogen) atoms. The lowest BCUT2D eigenvalue weighted by molar-refractivity contribution is -0.274. The molecule has 1 aliphatic rings. The van der Waals surface area contributed by atoms with Gasteiger partial charge in [0.25, 0.3) is 0 Å². The summed E-state index contributed by atoms with van der Waals surface area (Å²) in [5.41, 5.74) is 5.01. The van der Waals surface area contributed by atoms with Gasteiger partial charge in [0.1, 0.15) is 30.5 Å². The van der Waals surface area contributed by atoms with Crippen LogP contribution < -0.4 is 5.32 Å². The van der Waals surface area contributed by atoms with Crippen molar-refractivity contribution < 1.29 is 33.6 Å². The molecular formula is C45H49NO7. The maximum atomic E-state index is 12.9. The molecule has 2 N–H and O–H groups in total. The van der Waals surface area contributed by atoms with E-state index in [-0.39, 0.29) is 25.7 Å². The Bertz CT molecular complexity index is 1760. The number of carbonyl (C=O) groups is 1. The molecule has 0 bridgehead atoms. The Balaban J connectivity index is 1.33. The molecular weight excluding hydrogens is 666 g/mol. The van der Waals surface area contributed by atoms with Crippen molar-refractivity contribution >= 4 is 5.97 Å². The molecule has 276 valence electrons. The summed E-state index contributed by atoms with van der Waals surface area (Å²) in [5.74, 6) is -0.973. The number of hydrogen-bond acceptors (Lipinski definition) is 7. The number of ether oxygens (including phenoxy) is 5. The molecule has 7 atom stereocenters. The van der Waals surface area contributed by atoms with E-state index < -0.39 is 42.5 Å². The van der Waals surface area contributed by atoms with E-state index in [0.717, 1.165) is 27.8 Å². The van der Waals surface area contributed by atoms with Crippen LogP contribution in [0, 0.1) is 0 Å². The Morgan fingerprint density at radius 2 is 0.981 bits per heavy atom. The van der Waals surface area contributed by atoms with Gasteiger partial charge in [-0.15, -0.1) is 0 Å². The van der Waals surface area contributed by atoms with E-state index in [4.69, 9.17) is 23.7 Å². The fourth-order valence-electron chi connectivity index (χ4n) is 6.69. The van der Waals surface area contributed by atoms with E-state index in [0.29, 0.717) is 19.8 Å². The average molecular weight is 716 g/mol. The second kappa shape index (κ2) is 20.0. The van der Waals surface area contributed by atoms with Gasteiger partial charge >= 0.3 is 5.97 Å². The first-order valence-electron chi connectivity index (χ1n) is 18.3. The third-order valence-electron chi connectivity index (χ3n) is 9.50. The van der Waals surface area contributed by atoms with Gasteiger partial charge in [0.05, 0.1) is 39.1 Å². The molecule has 0 spiro atoms. The van der Waals surface area contributed by atoms with Crippen LogP contribution >= 0.6 is 0 Å². The van der Waals surface area contributed by atoms with Crippen LogP contribution in [0.3, 0.4) is 0 Å². The van der Waals surface area contributed by atoms with Gasteiger partial charge in [-0.25, -0.2) is 0 Å². The van der Waals surface area contributed by atoms with Crippen LogP contribution in [0.15, 0.2) is 152 Å². The first-order valence-corrected chi connectivity index (χ1v) is 18.3. The Morgan fingerprint density at radius 3 is 1.43 bits per heavy atom. The minimum Gasteiger partial charge on any atom is -0.480 e. The number of aliphatic carboxylic acids is 1. The third kappa shape index (κ3) is 11.4. The van der Waals surface area contributed by atoms with Gasteiger partial charge in [-0.3, -0.25) is 10.1 Å². The normalized spacial score (nSPS) is 21.1. The number of benzene rings is 5. The largest absolute Gasteiger partial charge is 0.480 e. The summed E-state index contributed by atoms with van der Waals surface area (Å²) in [6.07, 6.45) is -3.07. The fourth-order valence-corrected chi connectivity index (χ4v) is 6.69. The highest BCUT2D eigenvalue weighted by molar-refractivity contribution is 5.73. The summed E-state index contributed by atoms with van der Waals surface area (Å²) < 4.78 is 33.6. The molecule has 0 amide bonds. The van der Waals surface area contributed by atoms with Gasteiger partial charge < -0.3 is 28.8 Å². The van der Waals surface area contributed by atoms with E-state index in [1.807, 2.05) is 159 Å². The molecule has 6 rings (SSSR count). The zero-order valence-corrected chi connectivity index (χ0v) is 30.1. The zero-order chi connectivity index (χ0) is 36.7. The fraction of sp³-hybridized carbons (Fsp3) is 0.311. The Morgan fingerprint density at radius 1 is 0.585 bits per heavy atom. The van der Waals surface area contributed by atoms with Gasteiger partial charge in [-0.1, -0.05) is 152 Å². The molecule has 1 fully saturated rings. The molecule has 0 aromatic heterocycles. The predicted octanol–water partition coefficient (Wildman–Crippen LogP) is 7.92. The molecule has 5 aromatic rings. The second-order valence-corrected chi connectivity index (χ2v) is 13.4. The van der Waals surface area contributed by atoms with Gasteiger partial charge in [-0.2, -0.15) is 0 Å². The summed E-state index contributed by atoms with van der Waals surface area (Å²) >= 11 is 0. The molecule has 0 unspecified atom stereocenters. The van der Waals surface area contributed by atoms with Crippen molar-refractivity contribution in [2.45, 2.75) is 82.4 Å².